The maximum absolute atomic E-state index is 5.25. The zero-order valence-electron chi connectivity index (χ0n) is 12.4. The lowest BCUT2D eigenvalue weighted by molar-refractivity contribution is 0.399. The van der Waals surface area contributed by atoms with Gasteiger partial charge in [-0.2, -0.15) is 0 Å². The van der Waals surface area contributed by atoms with Crippen LogP contribution in [-0.2, 0) is 6.42 Å². The van der Waals surface area contributed by atoms with Gasteiger partial charge < -0.3 is 10.1 Å². The van der Waals surface area contributed by atoms with Crippen LogP contribution >= 0.6 is 0 Å². The van der Waals surface area contributed by atoms with Crippen LogP contribution < -0.4 is 10.1 Å². The number of anilines is 1. The third kappa shape index (κ3) is 3.98. The molecule has 1 N–H and O–H groups in total. The predicted molar refractivity (Wildman–Crippen MR) is 83.4 cm³/mol. The minimum Gasteiger partial charge on any atom is -0.480 e. The quantitative estimate of drug-likeness (QED) is 0.866. The molecule has 106 valence electrons. The molecule has 1 aromatic carbocycles. The van der Waals surface area contributed by atoms with E-state index in [0.29, 0.717) is 11.9 Å². The molecule has 0 saturated carbocycles. The summed E-state index contributed by atoms with van der Waals surface area (Å²) in [5.41, 5.74) is 3.65. The van der Waals surface area contributed by atoms with E-state index in [0.717, 1.165) is 18.5 Å². The monoisotopic (exact) mass is 270 g/mol. The molecule has 0 spiro atoms. The number of nitrogens with zero attached hydrogens (tertiary/aromatic N) is 1. The molecule has 3 heteroatoms. The first-order valence-corrected chi connectivity index (χ1v) is 7.00. The zero-order valence-corrected chi connectivity index (χ0v) is 12.4. The van der Waals surface area contributed by atoms with Gasteiger partial charge in [0.2, 0.25) is 5.88 Å². The number of nitrogens with one attached hydrogen (secondary N) is 1. The SMILES string of the molecule is COc1ncccc1NC(C)CCc1cccc(C)c1. The van der Waals surface area contributed by atoms with E-state index < -0.39 is 0 Å². The predicted octanol–water partition coefficient (Wildman–Crippen LogP) is 3.83. The molecule has 0 saturated heterocycles. The highest BCUT2D eigenvalue weighted by Gasteiger charge is 2.07. The van der Waals surface area contributed by atoms with Crippen molar-refractivity contribution in [1.82, 2.24) is 4.98 Å². The summed E-state index contributed by atoms with van der Waals surface area (Å²) in [4.78, 5) is 4.20. The highest BCUT2D eigenvalue weighted by molar-refractivity contribution is 5.52. The summed E-state index contributed by atoms with van der Waals surface area (Å²) in [6.07, 6.45) is 3.88. The Hall–Kier alpha value is -2.03. The fourth-order valence-corrected chi connectivity index (χ4v) is 2.25. The lowest BCUT2D eigenvalue weighted by Crippen LogP contribution is -2.16. The van der Waals surface area contributed by atoms with Crippen molar-refractivity contribution in [2.75, 3.05) is 12.4 Å². The molecule has 0 amide bonds. The normalized spacial score (nSPS) is 11.9. The first kappa shape index (κ1) is 14.4. The van der Waals surface area contributed by atoms with Crippen molar-refractivity contribution < 1.29 is 4.74 Å². The summed E-state index contributed by atoms with van der Waals surface area (Å²) in [5.74, 6) is 0.648. The van der Waals surface area contributed by atoms with Gasteiger partial charge in [0.1, 0.15) is 0 Å². The van der Waals surface area contributed by atoms with Crippen molar-refractivity contribution in [2.45, 2.75) is 32.7 Å². The number of ether oxygens (including phenoxy) is 1. The van der Waals surface area contributed by atoms with Crippen molar-refractivity contribution in [3.63, 3.8) is 0 Å². The van der Waals surface area contributed by atoms with E-state index in [-0.39, 0.29) is 0 Å². The first-order chi connectivity index (χ1) is 9.69. The lowest BCUT2D eigenvalue weighted by Gasteiger charge is -2.16. The maximum atomic E-state index is 5.25. The van der Waals surface area contributed by atoms with Gasteiger partial charge in [0.05, 0.1) is 12.8 Å². The molecule has 2 rings (SSSR count). The Labute approximate surface area is 121 Å². The molecule has 1 heterocycles. The van der Waals surface area contributed by atoms with Crippen LogP contribution in [0.15, 0.2) is 42.6 Å². The first-order valence-electron chi connectivity index (χ1n) is 7.00. The second kappa shape index (κ2) is 6.94. The van der Waals surface area contributed by atoms with Crippen molar-refractivity contribution in [3.8, 4) is 5.88 Å². The van der Waals surface area contributed by atoms with E-state index in [4.69, 9.17) is 4.74 Å². The molecule has 0 bridgehead atoms. The van der Waals surface area contributed by atoms with Gasteiger partial charge in [-0.05, 0) is 44.4 Å². The number of methoxy groups -OCH3 is 1. The molecule has 1 atom stereocenters. The molecule has 1 aromatic heterocycles. The van der Waals surface area contributed by atoms with Gasteiger partial charge in [-0.3, -0.25) is 0 Å². The summed E-state index contributed by atoms with van der Waals surface area (Å²) < 4.78 is 5.25. The Balaban J connectivity index is 1.91. The summed E-state index contributed by atoms with van der Waals surface area (Å²) in [6, 6.07) is 13.0. The third-order valence-electron chi connectivity index (χ3n) is 3.31. The van der Waals surface area contributed by atoms with E-state index in [2.05, 4.69) is 48.4 Å². The van der Waals surface area contributed by atoms with E-state index in [1.807, 2.05) is 12.1 Å². The molecular formula is C17H22N2O. The molecule has 0 aliphatic carbocycles. The largest absolute Gasteiger partial charge is 0.480 e. The van der Waals surface area contributed by atoms with Crippen LogP contribution in [0.2, 0.25) is 0 Å². The minimum atomic E-state index is 0.369. The fourth-order valence-electron chi connectivity index (χ4n) is 2.25. The molecule has 0 aliphatic rings. The third-order valence-corrected chi connectivity index (χ3v) is 3.31. The Morgan fingerprint density at radius 3 is 2.85 bits per heavy atom. The molecular weight excluding hydrogens is 248 g/mol. The zero-order chi connectivity index (χ0) is 14.4. The number of rotatable bonds is 6. The molecule has 2 aromatic rings. The number of pyridine rings is 1. The smallest absolute Gasteiger partial charge is 0.237 e. The molecule has 0 radical (unpaired) electrons. The number of hydrogen-bond donors (Lipinski definition) is 1. The van der Waals surface area contributed by atoms with Crippen molar-refractivity contribution in [2.24, 2.45) is 0 Å². The van der Waals surface area contributed by atoms with Crippen LogP contribution in [-0.4, -0.2) is 18.1 Å². The van der Waals surface area contributed by atoms with Crippen molar-refractivity contribution in [1.29, 1.82) is 0 Å². The topological polar surface area (TPSA) is 34.1 Å². The summed E-state index contributed by atoms with van der Waals surface area (Å²) >= 11 is 0. The molecule has 1 unspecified atom stereocenters. The van der Waals surface area contributed by atoms with Crippen molar-refractivity contribution in [3.05, 3.63) is 53.7 Å². The summed E-state index contributed by atoms with van der Waals surface area (Å²) in [5, 5.41) is 3.46. The van der Waals surface area contributed by atoms with Gasteiger partial charge in [0.15, 0.2) is 0 Å². The van der Waals surface area contributed by atoms with Crippen LogP contribution in [0, 0.1) is 6.92 Å². The Morgan fingerprint density at radius 1 is 1.25 bits per heavy atom. The summed E-state index contributed by atoms with van der Waals surface area (Å²) in [7, 11) is 1.64. The number of aromatic nitrogens is 1. The van der Waals surface area contributed by atoms with E-state index in [9.17, 15) is 0 Å². The lowest BCUT2D eigenvalue weighted by atomic mass is 10.0. The molecule has 20 heavy (non-hydrogen) atoms. The van der Waals surface area contributed by atoms with Gasteiger partial charge in [-0.25, -0.2) is 4.98 Å². The van der Waals surface area contributed by atoms with E-state index >= 15 is 0 Å². The van der Waals surface area contributed by atoms with Crippen LogP contribution in [0.5, 0.6) is 5.88 Å². The van der Waals surface area contributed by atoms with Crippen molar-refractivity contribution >= 4 is 5.69 Å². The average Bonchev–Trinajstić information content (AvgIpc) is 2.46. The van der Waals surface area contributed by atoms with Crippen LogP contribution in [0.4, 0.5) is 5.69 Å². The fraction of sp³-hybridized carbons (Fsp3) is 0.353. The van der Waals surface area contributed by atoms with E-state index in [1.54, 1.807) is 13.3 Å². The average molecular weight is 270 g/mol. The van der Waals surface area contributed by atoms with Gasteiger partial charge in [0, 0.05) is 12.2 Å². The number of benzene rings is 1. The molecule has 0 aliphatic heterocycles. The highest BCUT2D eigenvalue weighted by atomic mass is 16.5. The Kier molecular flexibility index (Phi) is 4.99. The summed E-state index contributed by atoms with van der Waals surface area (Å²) in [6.45, 7) is 4.31. The standard InChI is InChI=1S/C17H22N2O/c1-13-6-4-7-15(12-13)10-9-14(2)19-16-8-5-11-18-17(16)20-3/h4-8,11-12,14,19H,9-10H2,1-3H3. The van der Waals surface area contributed by atoms with Crippen LogP contribution in [0.3, 0.4) is 0 Å². The van der Waals surface area contributed by atoms with Gasteiger partial charge in [-0.15, -0.1) is 0 Å². The second-order valence-corrected chi connectivity index (χ2v) is 5.13. The van der Waals surface area contributed by atoms with Gasteiger partial charge >= 0.3 is 0 Å². The van der Waals surface area contributed by atoms with Gasteiger partial charge in [0.25, 0.3) is 0 Å². The maximum Gasteiger partial charge on any atom is 0.237 e. The molecule has 0 fully saturated rings. The highest BCUT2D eigenvalue weighted by Crippen LogP contribution is 2.21. The number of hydrogen-bond acceptors (Lipinski definition) is 3. The Bertz CT molecular complexity index is 554. The van der Waals surface area contributed by atoms with Gasteiger partial charge in [-0.1, -0.05) is 29.8 Å². The molecule has 3 nitrogen and oxygen atoms in total. The minimum absolute atomic E-state index is 0.369. The van der Waals surface area contributed by atoms with E-state index in [1.165, 1.54) is 11.1 Å². The van der Waals surface area contributed by atoms with Crippen LogP contribution in [0.25, 0.3) is 0 Å². The Morgan fingerprint density at radius 2 is 2.10 bits per heavy atom. The second-order valence-electron chi connectivity index (χ2n) is 5.13. The number of aryl methyl sites for hydroxylation is 2. The van der Waals surface area contributed by atoms with Crippen LogP contribution in [0.1, 0.15) is 24.5 Å².